The maximum absolute atomic E-state index is 10.5. The Hall–Kier alpha value is -1.43. The van der Waals surface area contributed by atoms with Gasteiger partial charge >= 0.3 is 0 Å². The fourth-order valence-electron chi connectivity index (χ4n) is 0.668. The number of anilines is 1. The third-order valence-corrected chi connectivity index (χ3v) is 1.86. The van der Waals surface area contributed by atoms with E-state index in [9.17, 15) is 4.79 Å². The molecule has 2 N–H and O–H groups in total. The molecule has 1 aromatic rings. The van der Waals surface area contributed by atoms with E-state index >= 15 is 0 Å². The number of carbonyl (C=O) groups is 1. The molecular formula is C7H9N3O2S. The van der Waals surface area contributed by atoms with Crippen molar-refractivity contribution in [2.75, 3.05) is 12.3 Å². The summed E-state index contributed by atoms with van der Waals surface area (Å²) in [5.41, 5.74) is 6.01. The first-order valence-electron chi connectivity index (χ1n) is 3.64. The lowest BCUT2D eigenvalue weighted by Gasteiger charge is -1.93. The van der Waals surface area contributed by atoms with Crippen molar-refractivity contribution in [3.8, 4) is 0 Å². The number of nitrogens with zero attached hydrogens (tertiary/aromatic N) is 2. The molecule has 0 aliphatic heterocycles. The SMILES string of the molecule is CCON=C(C=O)c1csc(N)n1. The topological polar surface area (TPSA) is 77.6 Å². The van der Waals surface area contributed by atoms with E-state index in [0.29, 0.717) is 23.7 Å². The largest absolute Gasteiger partial charge is 0.395 e. The Balaban J connectivity index is 2.84. The number of aromatic nitrogens is 1. The summed E-state index contributed by atoms with van der Waals surface area (Å²) in [6.07, 6.45) is 0.587. The number of rotatable bonds is 4. The van der Waals surface area contributed by atoms with Crippen LogP contribution in [0.2, 0.25) is 0 Å². The summed E-state index contributed by atoms with van der Waals surface area (Å²) in [5, 5.41) is 5.64. The van der Waals surface area contributed by atoms with E-state index in [-0.39, 0.29) is 5.71 Å². The average molecular weight is 199 g/mol. The van der Waals surface area contributed by atoms with Crippen molar-refractivity contribution in [3.63, 3.8) is 0 Å². The van der Waals surface area contributed by atoms with Gasteiger partial charge in [0.15, 0.2) is 17.1 Å². The fraction of sp³-hybridized carbons (Fsp3) is 0.286. The molecule has 0 bridgehead atoms. The van der Waals surface area contributed by atoms with Crippen molar-refractivity contribution < 1.29 is 9.63 Å². The second-order valence-corrected chi connectivity index (χ2v) is 2.97. The third-order valence-electron chi connectivity index (χ3n) is 1.19. The first-order valence-corrected chi connectivity index (χ1v) is 4.52. The van der Waals surface area contributed by atoms with Crippen molar-refractivity contribution in [1.82, 2.24) is 4.98 Å². The minimum absolute atomic E-state index is 0.162. The lowest BCUT2D eigenvalue weighted by Crippen LogP contribution is -2.04. The number of hydrogen-bond acceptors (Lipinski definition) is 6. The molecule has 0 atom stereocenters. The second-order valence-electron chi connectivity index (χ2n) is 2.08. The fourth-order valence-corrected chi connectivity index (χ4v) is 1.22. The lowest BCUT2D eigenvalue weighted by atomic mass is 10.3. The van der Waals surface area contributed by atoms with Crippen LogP contribution >= 0.6 is 11.3 Å². The Bertz CT molecular complexity index is 321. The van der Waals surface area contributed by atoms with E-state index in [1.54, 1.807) is 12.3 Å². The molecule has 70 valence electrons. The Morgan fingerprint density at radius 1 is 1.92 bits per heavy atom. The standard InChI is InChI=1S/C7H9N3O2S/c1-2-12-10-5(3-11)6-4-13-7(8)9-6/h3-4H,2H2,1H3,(H2,8,9). The molecule has 0 amide bonds. The maximum Gasteiger partial charge on any atom is 0.180 e. The predicted octanol–water partition coefficient (Wildman–Crippen LogP) is 0.665. The van der Waals surface area contributed by atoms with Gasteiger partial charge in [-0.1, -0.05) is 5.16 Å². The molecule has 0 radical (unpaired) electrons. The van der Waals surface area contributed by atoms with Crippen LogP contribution in [0.5, 0.6) is 0 Å². The van der Waals surface area contributed by atoms with Crippen LogP contribution in [0.25, 0.3) is 0 Å². The summed E-state index contributed by atoms with van der Waals surface area (Å²) in [6.45, 7) is 2.19. The molecule has 0 aromatic carbocycles. The molecule has 0 spiro atoms. The van der Waals surface area contributed by atoms with Crippen LogP contribution in [-0.2, 0) is 9.63 Å². The first kappa shape index (κ1) is 9.66. The quantitative estimate of drug-likeness (QED) is 0.439. The van der Waals surface area contributed by atoms with Crippen LogP contribution in [0.3, 0.4) is 0 Å². The zero-order valence-corrected chi connectivity index (χ0v) is 7.87. The van der Waals surface area contributed by atoms with E-state index in [1.165, 1.54) is 11.3 Å². The van der Waals surface area contributed by atoms with E-state index in [4.69, 9.17) is 10.6 Å². The van der Waals surface area contributed by atoms with Gasteiger partial charge in [0.2, 0.25) is 0 Å². The molecule has 1 aromatic heterocycles. The molecule has 0 saturated carbocycles. The van der Waals surface area contributed by atoms with Gasteiger partial charge in [0.25, 0.3) is 0 Å². The van der Waals surface area contributed by atoms with Crippen molar-refractivity contribution in [3.05, 3.63) is 11.1 Å². The highest BCUT2D eigenvalue weighted by Crippen LogP contribution is 2.11. The van der Waals surface area contributed by atoms with E-state index in [1.807, 2.05) is 0 Å². The van der Waals surface area contributed by atoms with Gasteiger partial charge in [0, 0.05) is 5.38 Å². The molecule has 0 unspecified atom stereocenters. The van der Waals surface area contributed by atoms with Gasteiger partial charge in [-0.15, -0.1) is 11.3 Å². The Morgan fingerprint density at radius 3 is 3.15 bits per heavy atom. The molecule has 5 nitrogen and oxygen atoms in total. The van der Waals surface area contributed by atoms with Crippen LogP contribution in [0, 0.1) is 0 Å². The van der Waals surface area contributed by atoms with Crippen molar-refractivity contribution in [2.24, 2.45) is 5.16 Å². The molecular weight excluding hydrogens is 190 g/mol. The van der Waals surface area contributed by atoms with Gasteiger partial charge in [0.05, 0.1) is 0 Å². The molecule has 13 heavy (non-hydrogen) atoms. The second kappa shape index (κ2) is 4.56. The lowest BCUT2D eigenvalue weighted by molar-refractivity contribution is -0.102. The van der Waals surface area contributed by atoms with Crippen LogP contribution in [-0.4, -0.2) is 23.6 Å². The zero-order chi connectivity index (χ0) is 9.68. The molecule has 0 fully saturated rings. The normalized spacial score (nSPS) is 11.3. The van der Waals surface area contributed by atoms with Crippen molar-refractivity contribution >= 4 is 28.5 Å². The molecule has 1 heterocycles. The van der Waals surface area contributed by atoms with Crippen LogP contribution < -0.4 is 5.73 Å². The predicted molar refractivity (Wildman–Crippen MR) is 50.8 cm³/mol. The first-order chi connectivity index (χ1) is 6.27. The molecule has 6 heteroatoms. The summed E-state index contributed by atoms with van der Waals surface area (Å²) in [6, 6.07) is 0. The van der Waals surface area contributed by atoms with Gasteiger partial charge in [-0.3, -0.25) is 4.79 Å². The maximum atomic E-state index is 10.5. The van der Waals surface area contributed by atoms with Crippen LogP contribution in [0.1, 0.15) is 12.6 Å². The monoisotopic (exact) mass is 199 g/mol. The van der Waals surface area contributed by atoms with Gasteiger partial charge in [-0.05, 0) is 6.92 Å². The summed E-state index contributed by atoms with van der Waals surface area (Å²) >= 11 is 1.25. The molecule has 0 saturated heterocycles. The number of oxime groups is 1. The van der Waals surface area contributed by atoms with Crippen molar-refractivity contribution in [1.29, 1.82) is 0 Å². The van der Waals surface area contributed by atoms with Gasteiger partial charge in [0.1, 0.15) is 12.3 Å². The number of nitrogens with two attached hydrogens (primary N) is 1. The van der Waals surface area contributed by atoms with Gasteiger partial charge < -0.3 is 10.6 Å². The van der Waals surface area contributed by atoms with E-state index in [0.717, 1.165) is 0 Å². The van der Waals surface area contributed by atoms with E-state index < -0.39 is 0 Å². The van der Waals surface area contributed by atoms with Gasteiger partial charge in [-0.2, -0.15) is 0 Å². The summed E-state index contributed by atoms with van der Waals surface area (Å²) in [5.74, 6) is 0. The third kappa shape index (κ3) is 2.51. The summed E-state index contributed by atoms with van der Waals surface area (Å²) in [4.78, 5) is 19.2. The summed E-state index contributed by atoms with van der Waals surface area (Å²) in [7, 11) is 0. The van der Waals surface area contributed by atoms with Gasteiger partial charge in [-0.25, -0.2) is 4.98 Å². The number of aldehydes is 1. The van der Waals surface area contributed by atoms with Crippen LogP contribution in [0.15, 0.2) is 10.5 Å². The molecule has 0 aliphatic carbocycles. The summed E-state index contributed by atoms with van der Waals surface area (Å²) < 4.78 is 0. The minimum atomic E-state index is 0.162. The highest BCUT2D eigenvalue weighted by Gasteiger charge is 2.06. The molecule has 1 rings (SSSR count). The smallest absolute Gasteiger partial charge is 0.180 e. The Labute approximate surface area is 79.2 Å². The van der Waals surface area contributed by atoms with Crippen molar-refractivity contribution in [2.45, 2.75) is 6.92 Å². The zero-order valence-electron chi connectivity index (χ0n) is 7.06. The highest BCUT2D eigenvalue weighted by molar-refractivity contribution is 7.13. The van der Waals surface area contributed by atoms with E-state index in [2.05, 4.69) is 10.1 Å². The minimum Gasteiger partial charge on any atom is -0.395 e. The number of nitrogen functional groups attached to an aromatic ring is 1. The van der Waals surface area contributed by atoms with Crippen LogP contribution in [0.4, 0.5) is 5.13 Å². The molecule has 0 aliphatic rings. The number of carbonyl (C=O) groups excluding carboxylic acids is 1. The number of hydrogen-bond donors (Lipinski definition) is 1. The Morgan fingerprint density at radius 2 is 2.69 bits per heavy atom. The highest BCUT2D eigenvalue weighted by atomic mass is 32.1. The Kier molecular flexibility index (Phi) is 3.39. The average Bonchev–Trinajstić information content (AvgIpc) is 2.54. The number of thiazole rings is 1.